The number of carbonyl (C=O) groups is 1. The number of aromatic nitrogens is 3. The molecule has 2 heterocycles. The second-order valence-electron chi connectivity index (χ2n) is 6.80. The minimum absolute atomic E-state index is 0.0445. The number of nitrogens with zero attached hydrogens (tertiary/aromatic N) is 3. The molecule has 0 aliphatic carbocycles. The topological polar surface area (TPSA) is 118 Å². The summed E-state index contributed by atoms with van der Waals surface area (Å²) in [6.45, 7) is 0. The van der Waals surface area contributed by atoms with Crippen molar-refractivity contribution in [2.45, 2.75) is 0 Å². The van der Waals surface area contributed by atoms with Gasteiger partial charge >= 0.3 is 5.97 Å². The molecule has 4 rings (SSSR count). The average molecular weight is 462 g/mol. The highest BCUT2D eigenvalue weighted by Crippen LogP contribution is 2.31. The minimum atomic E-state index is -0.478. The zero-order valence-corrected chi connectivity index (χ0v) is 18.5. The lowest BCUT2D eigenvalue weighted by Gasteiger charge is -2.13. The number of rotatable bonds is 5. The summed E-state index contributed by atoms with van der Waals surface area (Å²) in [6.07, 6.45) is 1.54. The van der Waals surface area contributed by atoms with Gasteiger partial charge in [-0.3, -0.25) is 0 Å². The molecular weight excluding hydrogens is 442 g/mol. The molecule has 0 bridgehead atoms. The van der Waals surface area contributed by atoms with Gasteiger partial charge in [0.05, 0.1) is 37.4 Å². The number of phenols is 1. The third-order valence-electron chi connectivity index (χ3n) is 4.70. The molecule has 0 saturated carbocycles. The minimum Gasteiger partial charge on any atom is -0.504 e. The van der Waals surface area contributed by atoms with Gasteiger partial charge in [0, 0.05) is 5.56 Å². The van der Waals surface area contributed by atoms with Crippen LogP contribution >= 0.6 is 12.2 Å². The second-order valence-corrected chi connectivity index (χ2v) is 7.21. The van der Waals surface area contributed by atoms with Crippen molar-refractivity contribution in [3.8, 4) is 22.8 Å². The monoisotopic (exact) mass is 461 g/mol. The van der Waals surface area contributed by atoms with Crippen LogP contribution in [-0.2, 0) is 4.74 Å². The SMILES string of the molecule is COC(=O)c1ccccc1NC(=S)Nc1cnc2ccc(-c3ccc(O)c(OC)c3)nc2n1. The Morgan fingerprint density at radius 1 is 1.03 bits per heavy atom. The molecule has 33 heavy (non-hydrogen) atoms. The number of anilines is 2. The molecule has 0 atom stereocenters. The number of thiocarbonyl (C=S) groups is 1. The number of pyridine rings is 1. The Balaban J connectivity index is 1.57. The lowest BCUT2D eigenvalue weighted by Crippen LogP contribution is -2.21. The van der Waals surface area contributed by atoms with Gasteiger partial charge in [0.2, 0.25) is 0 Å². The maximum atomic E-state index is 12.0. The van der Waals surface area contributed by atoms with Gasteiger partial charge in [0.1, 0.15) is 5.52 Å². The lowest BCUT2D eigenvalue weighted by atomic mass is 10.1. The summed E-state index contributed by atoms with van der Waals surface area (Å²) in [7, 11) is 2.80. The fourth-order valence-electron chi connectivity index (χ4n) is 3.11. The van der Waals surface area contributed by atoms with Gasteiger partial charge in [-0.25, -0.2) is 19.7 Å². The molecule has 0 aliphatic rings. The molecule has 4 aromatic rings. The van der Waals surface area contributed by atoms with Gasteiger partial charge in [-0.05, 0) is 54.7 Å². The molecule has 0 fully saturated rings. The molecule has 0 saturated heterocycles. The highest BCUT2D eigenvalue weighted by molar-refractivity contribution is 7.80. The number of esters is 1. The third kappa shape index (κ3) is 4.80. The summed E-state index contributed by atoms with van der Waals surface area (Å²) in [5, 5.41) is 16.0. The summed E-state index contributed by atoms with van der Waals surface area (Å²) in [4.78, 5) is 25.4. The molecule has 2 aromatic carbocycles. The number of hydrogen-bond acceptors (Lipinski definition) is 8. The van der Waals surface area contributed by atoms with Crippen LogP contribution in [0.15, 0.2) is 60.8 Å². The van der Waals surface area contributed by atoms with E-state index < -0.39 is 5.97 Å². The first kappa shape index (κ1) is 21.9. The fourth-order valence-corrected chi connectivity index (χ4v) is 3.32. The second kappa shape index (κ2) is 9.45. The van der Waals surface area contributed by atoms with Crippen molar-refractivity contribution < 1.29 is 19.4 Å². The van der Waals surface area contributed by atoms with Crippen molar-refractivity contribution in [3.63, 3.8) is 0 Å². The van der Waals surface area contributed by atoms with Crippen molar-refractivity contribution in [2.75, 3.05) is 24.9 Å². The van der Waals surface area contributed by atoms with E-state index in [4.69, 9.17) is 21.7 Å². The molecule has 10 heteroatoms. The molecule has 0 aliphatic heterocycles. The number of fused-ring (bicyclic) bond motifs is 1. The predicted octanol–water partition coefficient (Wildman–Crippen LogP) is 4.00. The van der Waals surface area contributed by atoms with Crippen LogP contribution < -0.4 is 15.4 Å². The van der Waals surface area contributed by atoms with Crippen LogP contribution in [0.4, 0.5) is 11.5 Å². The summed E-state index contributed by atoms with van der Waals surface area (Å²) in [6, 6.07) is 15.4. The maximum absolute atomic E-state index is 12.0. The Kier molecular flexibility index (Phi) is 6.27. The summed E-state index contributed by atoms with van der Waals surface area (Å²) in [5.74, 6) is 0.292. The Bertz CT molecular complexity index is 1360. The van der Waals surface area contributed by atoms with Crippen LogP contribution in [0.25, 0.3) is 22.4 Å². The number of carbonyl (C=O) groups excluding carboxylic acids is 1. The first-order valence-corrected chi connectivity index (χ1v) is 10.2. The standard InChI is InChI=1S/C23H19N5O4S/c1-31-19-11-13(7-10-18(19)29)15-8-9-17-21(25-15)27-20(12-24-17)28-23(33)26-16-6-4-3-5-14(16)22(30)32-2/h3-12,29H,1-2H3,(H2,25,26,27,28,33). The fraction of sp³-hybridized carbons (Fsp3) is 0.0870. The summed E-state index contributed by atoms with van der Waals surface area (Å²) < 4.78 is 9.97. The number of nitrogens with one attached hydrogen (secondary N) is 2. The number of hydrogen-bond donors (Lipinski definition) is 3. The lowest BCUT2D eigenvalue weighted by molar-refractivity contribution is 0.0602. The van der Waals surface area contributed by atoms with E-state index in [0.717, 1.165) is 5.56 Å². The maximum Gasteiger partial charge on any atom is 0.339 e. The van der Waals surface area contributed by atoms with E-state index in [1.807, 2.05) is 6.07 Å². The molecule has 9 nitrogen and oxygen atoms in total. The van der Waals surface area contributed by atoms with E-state index in [2.05, 4.69) is 25.6 Å². The van der Waals surface area contributed by atoms with Crippen LogP contribution in [0.1, 0.15) is 10.4 Å². The number of ether oxygens (including phenoxy) is 2. The molecular formula is C23H19N5O4S. The van der Waals surface area contributed by atoms with Crippen LogP contribution in [-0.4, -0.2) is 45.4 Å². The van der Waals surface area contributed by atoms with E-state index in [9.17, 15) is 9.90 Å². The number of para-hydroxylation sites is 1. The Hall–Kier alpha value is -4.31. The third-order valence-corrected chi connectivity index (χ3v) is 4.91. The van der Waals surface area contributed by atoms with Crippen LogP contribution in [0.2, 0.25) is 0 Å². The average Bonchev–Trinajstić information content (AvgIpc) is 2.83. The van der Waals surface area contributed by atoms with Crippen LogP contribution in [0.3, 0.4) is 0 Å². The highest BCUT2D eigenvalue weighted by atomic mass is 32.1. The van der Waals surface area contributed by atoms with Gasteiger partial charge < -0.3 is 25.2 Å². The van der Waals surface area contributed by atoms with Crippen molar-refractivity contribution in [1.29, 1.82) is 0 Å². The Morgan fingerprint density at radius 3 is 2.64 bits per heavy atom. The molecule has 166 valence electrons. The van der Waals surface area contributed by atoms with Gasteiger partial charge in [0.15, 0.2) is 28.1 Å². The van der Waals surface area contributed by atoms with Crippen molar-refractivity contribution in [2.24, 2.45) is 0 Å². The number of methoxy groups -OCH3 is 2. The molecule has 0 unspecified atom stereocenters. The zero-order chi connectivity index (χ0) is 23.4. The van der Waals surface area contributed by atoms with E-state index >= 15 is 0 Å². The number of phenolic OH excluding ortho intramolecular Hbond substituents is 1. The van der Waals surface area contributed by atoms with Crippen molar-refractivity contribution >= 4 is 46.0 Å². The predicted molar refractivity (Wildman–Crippen MR) is 129 cm³/mol. The summed E-state index contributed by atoms with van der Waals surface area (Å²) >= 11 is 5.37. The Morgan fingerprint density at radius 2 is 1.85 bits per heavy atom. The van der Waals surface area contributed by atoms with Gasteiger partial charge in [-0.1, -0.05) is 12.1 Å². The van der Waals surface area contributed by atoms with Crippen molar-refractivity contribution in [3.05, 3.63) is 66.4 Å². The largest absolute Gasteiger partial charge is 0.504 e. The first-order chi connectivity index (χ1) is 16.0. The normalized spacial score (nSPS) is 10.5. The number of aromatic hydroxyl groups is 1. The van der Waals surface area contributed by atoms with E-state index in [0.29, 0.717) is 39.7 Å². The van der Waals surface area contributed by atoms with E-state index in [-0.39, 0.29) is 10.9 Å². The highest BCUT2D eigenvalue weighted by Gasteiger charge is 2.13. The molecule has 3 N–H and O–H groups in total. The smallest absolute Gasteiger partial charge is 0.339 e. The van der Waals surface area contributed by atoms with Gasteiger partial charge in [-0.2, -0.15) is 0 Å². The van der Waals surface area contributed by atoms with Gasteiger partial charge in [-0.15, -0.1) is 0 Å². The Labute approximate surface area is 194 Å². The van der Waals surface area contributed by atoms with Crippen LogP contribution in [0.5, 0.6) is 11.5 Å². The van der Waals surface area contributed by atoms with Gasteiger partial charge in [0.25, 0.3) is 0 Å². The quantitative estimate of drug-likeness (QED) is 0.297. The molecule has 0 amide bonds. The molecule has 2 aromatic heterocycles. The van der Waals surface area contributed by atoms with Crippen molar-refractivity contribution in [1.82, 2.24) is 15.0 Å². The molecule has 0 spiro atoms. The zero-order valence-electron chi connectivity index (χ0n) is 17.7. The van der Waals surface area contributed by atoms with E-state index in [1.54, 1.807) is 48.5 Å². The summed E-state index contributed by atoms with van der Waals surface area (Å²) in [5.41, 5.74) is 3.25. The first-order valence-electron chi connectivity index (χ1n) is 9.75. The van der Waals surface area contributed by atoms with Crippen LogP contribution in [0, 0.1) is 0 Å². The molecule has 0 radical (unpaired) electrons. The van der Waals surface area contributed by atoms with E-state index in [1.165, 1.54) is 20.4 Å². The number of benzene rings is 2.